The number of hydrogen-bond donors (Lipinski definition) is 1. The third kappa shape index (κ3) is 4.77. The lowest BCUT2D eigenvalue weighted by atomic mass is 10.2. The highest BCUT2D eigenvalue weighted by atomic mass is 79.9. The fraction of sp³-hybridized carbons (Fsp3) is 0.389. The SMILES string of the molecule is CCCN(CCC)C(=O)c1cc(Nc2ccc(Br)c(C)c2)ncn1. The molecule has 0 atom stereocenters. The fourth-order valence-corrected chi connectivity index (χ4v) is 2.68. The van der Waals surface area contributed by atoms with Crippen molar-refractivity contribution in [2.45, 2.75) is 33.6 Å². The first kappa shape index (κ1) is 18.4. The number of anilines is 2. The molecule has 0 radical (unpaired) electrons. The van der Waals surface area contributed by atoms with Gasteiger partial charge in [0.05, 0.1) is 0 Å². The molecule has 1 heterocycles. The zero-order valence-corrected chi connectivity index (χ0v) is 15.9. The van der Waals surface area contributed by atoms with Crippen LogP contribution in [0.25, 0.3) is 0 Å². The first-order chi connectivity index (χ1) is 11.5. The molecule has 2 aromatic rings. The van der Waals surface area contributed by atoms with Gasteiger partial charge in [0.15, 0.2) is 0 Å². The Morgan fingerprint density at radius 1 is 1.17 bits per heavy atom. The Morgan fingerprint density at radius 3 is 2.50 bits per heavy atom. The highest BCUT2D eigenvalue weighted by Crippen LogP contribution is 2.22. The average molecular weight is 391 g/mol. The van der Waals surface area contributed by atoms with Crippen molar-refractivity contribution >= 4 is 33.3 Å². The smallest absolute Gasteiger partial charge is 0.272 e. The van der Waals surface area contributed by atoms with E-state index in [0.29, 0.717) is 11.5 Å². The predicted molar refractivity (Wildman–Crippen MR) is 101 cm³/mol. The number of carbonyl (C=O) groups is 1. The normalized spacial score (nSPS) is 10.5. The van der Waals surface area contributed by atoms with Crippen LogP contribution in [0.5, 0.6) is 0 Å². The summed E-state index contributed by atoms with van der Waals surface area (Å²) in [7, 11) is 0. The van der Waals surface area contributed by atoms with Gasteiger partial charge in [0.1, 0.15) is 17.8 Å². The molecule has 2 rings (SSSR count). The lowest BCUT2D eigenvalue weighted by molar-refractivity contribution is 0.0749. The largest absolute Gasteiger partial charge is 0.340 e. The van der Waals surface area contributed by atoms with Gasteiger partial charge in [-0.15, -0.1) is 0 Å². The Bertz CT molecular complexity index is 699. The van der Waals surface area contributed by atoms with Gasteiger partial charge in [-0.25, -0.2) is 9.97 Å². The van der Waals surface area contributed by atoms with E-state index in [2.05, 4.69) is 45.1 Å². The van der Waals surface area contributed by atoms with E-state index in [4.69, 9.17) is 0 Å². The first-order valence-electron chi connectivity index (χ1n) is 8.19. The minimum atomic E-state index is -0.0452. The van der Waals surface area contributed by atoms with Crippen molar-refractivity contribution in [2.75, 3.05) is 18.4 Å². The van der Waals surface area contributed by atoms with E-state index >= 15 is 0 Å². The van der Waals surface area contributed by atoms with Gasteiger partial charge >= 0.3 is 0 Å². The van der Waals surface area contributed by atoms with Crippen molar-refractivity contribution in [3.63, 3.8) is 0 Å². The van der Waals surface area contributed by atoms with Crippen LogP contribution in [-0.4, -0.2) is 33.9 Å². The Kier molecular flexibility index (Phi) is 6.73. The quantitative estimate of drug-likeness (QED) is 0.752. The fourth-order valence-electron chi connectivity index (χ4n) is 2.43. The van der Waals surface area contributed by atoms with Crippen molar-refractivity contribution in [1.82, 2.24) is 14.9 Å². The summed E-state index contributed by atoms with van der Waals surface area (Å²) >= 11 is 3.49. The molecule has 24 heavy (non-hydrogen) atoms. The standard InChI is InChI=1S/C18H23BrN4O/c1-4-8-23(9-5-2)18(24)16-11-17(21-12-20-16)22-14-6-7-15(19)13(3)10-14/h6-7,10-12H,4-5,8-9H2,1-3H3,(H,20,21,22). The average Bonchev–Trinajstić information content (AvgIpc) is 2.58. The van der Waals surface area contributed by atoms with Crippen LogP contribution in [-0.2, 0) is 0 Å². The number of benzene rings is 1. The van der Waals surface area contributed by atoms with Gasteiger partial charge < -0.3 is 10.2 Å². The zero-order chi connectivity index (χ0) is 17.5. The number of hydrogen-bond acceptors (Lipinski definition) is 4. The summed E-state index contributed by atoms with van der Waals surface area (Å²) in [6.45, 7) is 7.64. The number of aryl methyl sites for hydroxylation is 1. The predicted octanol–water partition coefficient (Wildman–Crippen LogP) is 4.55. The summed E-state index contributed by atoms with van der Waals surface area (Å²) in [6.07, 6.45) is 3.29. The number of rotatable bonds is 7. The lowest BCUT2D eigenvalue weighted by Crippen LogP contribution is -2.33. The summed E-state index contributed by atoms with van der Waals surface area (Å²) in [4.78, 5) is 22.8. The maximum atomic E-state index is 12.6. The molecule has 0 spiro atoms. The number of nitrogens with one attached hydrogen (secondary N) is 1. The minimum Gasteiger partial charge on any atom is -0.340 e. The Morgan fingerprint density at radius 2 is 1.88 bits per heavy atom. The van der Waals surface area contributed by atoms with E-state index in [1.165, 1.54) is 6.33 Å². The van der Waals surface area contributed by atoms with Crippen molar-refractivity contribution < 1.29 is 4.79 Å². The van der Waals surface area contributed by atoms with Crippen LogP contribution in [0.2, 0.25) is 0 Å². The van der Waals surface area contributed by atoms with Gasteiger partial charge in [-0.05, 0) is 43.5 Å². The monoisotopic (exact) mass is 390 g/mol. The molecule has 0 fully saturated rings. The third-order valence-corrected chi connectivity index (χ3v) is 4.48. The van der Waals surface area contributed by atoms with Crippen LogP contribution in [0, 0.1) is 6.92 Å². The molecule has 0 saturated heterocycles. The van der Waals surface area contributed by atoms with Crippen LogP contribution < -0.4 is 5.32 Å². The molecule has 0 unspecified atom stereocenters. The first-order valence-corrected chi connectivity index (χ1v) is 8.99. The topological polar surface area (TPSA) is 58.1 Å². The highest BCUT2D eigenvalue weighted by Gasteiger charge is 2.16. The van der Waals surface area contributed by atoms with Crippen LogP contribution in [0.15, 0.2) is 35.1 Å². The molecule has 0 aliphatic carbocycles. The van der Waals surface area contributed by atoms with Gasteiger partial charge in [-0.3, -0.25) is 4.79 Å². The number of amides is 1. The summed E-state index contributed by atoms with van der Waals surface area (Å²) < 4.78 is 1.06. The van der Waals surface area contributed by atoms with Crippen molar-refractivity contribution in [3.8, 4) is 0 Å². The molecule has 1 N–H and O–H groups in total. The highest BCUT2D eigenvalue weighted by molar-refractivity contribution is 9.10. The van der Waals surface area contributed by atoms with Gasteiger partial charge in [0.2, 0.25) is 0 Å². The Hall–Kier alpha value is -1.95. The number of carbonyl (C=O) groups excluding carboxylic acids is 1. The molecular formula is C18H23BrN4O. The Balaban J connectivity index is 2.18. The van der Waals surface area contributed by atoms with Crippen LogP contribution >= 0.6 is 15.9 Å². The third-order valence-electron chi connectivity index (χ3n) is 3.59. The summed E-state index contributed by atoms with van der Waals surface area (Å²) in [5.41, 5.74) is 2.47. The van der Waals surface area contributed by atoms with Crippen LogP contribution in [0.1, 0.15) is 42.7 Å². The summed E-state index contributed by atoms with van der Waals surface area (Å²) in [5.74, 6) is 0.569. The van der Waals surface area contributed by atoms with Crippen molar-refractivity contribution in [2.24, 2.45) is 0 Å². The minimum absolute atomic E-state index is 0.0452. The maximum absolute atomic E-state index is 12.6. The molecule has 1 aromatic heterocycles. The van der Waals surface area contributed by atoms with E-state index < -0.39 is 0 Å². The molecule has 0 saturated carbocycles. The second-order valence-corrected chi connectivity index (χ2v) is 6.52. The second-order valence-electron chi connectivity index (χ2n) is 5.67. The molecule has 1 aromatic carbocycles. The second kappa shape index (κ2) is 8.78. The molecule has 0 aliphatic rings. The van der Waals surface area contributed by atoms with E-state index in [0.717, 1.165) is 41.7 Å². The van der Waals surface area contributed by atoms with Gasteiger partial charge in [0, 0.05) is 29.3 Å². The Labute approximate surface area is 151 Å². The number of nitrogens with zero attached hydrogens (tertiary/aromatic N) is 3. The summed E-state index contributed by atoms with van der Waals surface area (Å²) in [6, 6.07) is 7.67. The number of aromatic nitrogens is 2. The molecule has 6 heteroatoms. The van der Waals surface area contributed by atoms with Crippen molar-refractivity contribution in [3.05, 3.63) is 46.3 Å². The van der Waals surface area contributed by atoms with E-state index in [1.54, 1.807) is 6.07 Å². The zero-order valence-electron chi connectivity index (χ0n) is 14.3. The molecular weight excluding hydrogens is 368 g/mol. The number of halogens is 1. The summed E-state index contributed by atoms with van der Waals surface area (Å²) in [5, 5.41) is 3.23. The molecule has 0 bridgehead atoms. The molecule has 5 nitrogen and oxygen atoms in total. The van der Waals surface area contributed by atoms with Crippen LogP contribution in [0.4, 0.5) is 11.5 Å². The van der Waals surface area contributed by atoms with Gasteiger partial charge in [-0.2, -0.15) is 0 Å². The van der Waals surface area contributed by atoms with E-state index in [1.807, 2.05) is 30.0 Å². The van der Waals surface area contributed by atoms with Crippen LogP contribution in [0.3, 0.4) is 0 Å². The molecule has 1 amide bonds. The van der Waals surface area contributed by atoms with Crippen molar-refractivity contribution in [1.29, 1.82) is 0 Å². The van der Waals surface area contributed by atoms with E-state index in [-0.39, 0.29) is 5.91 Å². The van der Waals surface area contributed by atoms with E-state index in [9.17, 15) is 4.79 Å². The molecule has 0 aliphatic heterocycles. The molecule has 128 valence electrons. The van der Waals surface area contributed by atoms with Gasteiger partial charge in [0.25, 0.3) is 5.91 Å². The lowest BCUT2D eigenvalue weighted by Gasteiger charge is -2.21. The van der Waals surface area contributed by atoms with Gasteiger partial charge in [-0.1, -0.05) is 29.8 Å². The maximum Gasteiger partial charge on any atom is 0.272 e.